The second-order valence-electron chi connectivity index (χ2n) is 4.74. The van der Waals surface area contributed by atoms with Crippen LogP contribution in [0.5, 0.6) is 0 Å². The summed E-state index contributed by atoms with van der Waals surface area (Å²) >= 11 is 0. The molecule has 0 bridgehead atoms. The van der Waals surface area contributed by atoms with Gasteiger partial charge in [0, 0.05) is 6.42 Å². The molecule has 3 heteroatoms. The molecule has 1 rings (SSSR count). The number of aldehydes is 1. The Kier molecular flexibility index (Phi) is 4.48. The van der Waals surface area contributed by atoms with Crippen LogP contribution in [0.4, 0.5) is 0 Å². The predicted octanol–water partition coefficient (Wildman–Crippen LogP) is 1.84. The molecule has 0 radical (unpaired) electrons. The van der Waals surface area contributed by atoms with Gasteiger partial charge in [0.25, 0.3) is 0 Å². The van der Waals surface area contributed by atoms with E-state index in [-0.39, 0.29) is 6.10 Å². The number of rotatable bonds is 5. The van der Waals surface area contributed by atoms with Crippen molar-refractivity contribution in [2.24, 2.45) is 0 Å². The van der Waals surface area contributed by atoms with E-state index in [0.717, 1.165) is 32.0 Å². The molecule has 0 aliphatic carbocycles. The summed E-state index contributed by atoms with van der Waals surface area (Å²) in [6.07, 6.45) is 6.07. The number of hydrogen-bond donors (Lipinski definition) is 1. The highest BCUT2D eigenvalue weighted by Gasteiger charge is 2.16. The van der Waals surface area contributed by atoms with Gasteiger partial charge in [-0.1, -0.05) is 11.6 Å². The molecule has 1 unspecified atom stereocenters. The van der Waals surface area contributed by atoms with Crippen LogP contribution in [0.3, 0.4) is 0 Å². The summed E-state index contributed by atoms with van der Waals surface area (Å²) in [5.41, 5.74) is 0.693. The second-order valence-corrected chi connectivity index (χ2v) is 4.74. The van der Waals surface area contributed by atoms with Crippen LogP contribution < -0.4 is 0 Å². The summed E-state index contributed by atoms with van der Waals surface area (Å²) in [7, 11) is 0. The van der Waals surface area contributed by atoms with Gasteiger partial charge in [-0.05, 0) is 33.1 Å². The average molecular weight is 212 g/mol. The molecule has 0 saturated carbocycles. The van der Waals surface area contributed by atoms with Gasteiger partial charge in [-0.3, -0.25) is 0 Å². The lowest BCUT2D eigenvalue weighted by Crippen LogP contribution is -2.21. The molecule has 0 saturated heterocycles. The largest absolute Gasteiger partial charge is 0.390 e. The molecular weight excluding hydrogens is 192 g/mol. The van der Waals surface area contributed by atoms with E-state index < -0.39 is 5.60 Å². The van der Waals surface area contributed by atoms with Crippen molar-refractivity contribution in [3.05, 3.63) is 11.6 Å². The van der Waals surface area contributed by atoms with Crippen molar-refractivity contribution in [1.82, 2.24) is 0 Å². The van der Waals surface area contributed by atoms with Gasteiger partial charge in [-0.15, -0.1) is 0 Å². The first kappa shape index (κ1) is 12.4. The van der Waals surface area contributed by atoms with Gasteiger partial charge in [0.05, 0.1) is 12.2 Å². The lowest BCUT2D eigenvalue weighted by atomic mass is 9.96. The van der Waals surface area contributed by atoms with Crippen molar-refractivity contribution in [3.8, 4) is 0 Å². The van der Waals surface area contributed by atoms with Crippen LogP contribution in [-0.4, -0.2) is 29.7 Å². The fourth-order valence-electron chi connectivity index (χ4n) is 1.73. The molecular formula is C12H20O3. The van der Waals surface area contributed by atoms with Gasteiger partial charge in [0.1, 0.15) is 12.4 Å². The Morgan fingerprint density at radius 3 is 3.00 bits per heavy atom. The summed E-state index contributed by atoms with van der Waals surface area (Å²) in [5, 5.41) is 9.54. The molecule has 0 aromatic rings. The maximum Gasteiger partial charge on any atom is 0.149 e. The van der Waals surface area contributed by atoms with Gasteiger partial charge < -0.3 is 14.6 Å². The zero-order valence-electron chi connectivity index (χ0n) is 9.53. The van der Waals surface area contributed by atoms with Crippen LogP contribution in [0.2, 0.25) is 0 Å². The molecule has 1 atom stereocenters. The van der Waals surface area contributed by atoms with Gasteiger partial charge in [0.15, 0.2) is 0 Å². The van der Waals surface area contributed by atoms with Crippen molar-refractivity contribution in [3.63, 3.8) is 0 Å². The summed E-state index contributed by atoms with van der Waals surface area (Å²) in [6.45, 7) is 4.18. The van der Waals surface area contributed by atoms with E-state index in [1.807, 2.05) is 19.9 Å². The molecule has 1 N–H and O–H groups in total. The number of aliphatic hydroxyl groups is 1. The topological polar surface area (TPSA) is 46.5 Å². The molecule has 0 aromatic carbocycles. The molecule has 0 fully saturated rings. The Labute approximate surface area is 91.1 Å². The van der Waals surface area contributed by atoms with Crippen molar-refractivity contribution in [2.45, 2.75) is 51.2 Å². The third-order valence-corrected chi connectivity index (χ3v) is 2.58. The molecule has 86 valence electrons. The Morgan fingerprint density at radius 1 is 1.67 bits per heavy atom. The van der Waals surface area contributed by atoms with Gasteiger partial charge in [-0.2, -0.15) is 0 Å². The van der Waals surface area contributed by atoms with Crippen LogP contribution in [0, 0.1) is 0 Å². The van der Waals surface area contributed by atoms with Gasteiger partial charge in [-0.25, -0.2) is 0 Å². The van der Waals surface area contributed by atoms with Crippen molar-refractivity contribution in [2.75, 3.05) is 6.61 Å². The number of carbonyl (C=O) groups excluding carboxylic acids is 1. The van der Waals surface area contributed by atoms with E-state index >= 15 is 0 Å². The van der Waals surface area contributed by atoms with E-state index in [4.69, 9.17) is 4.74 Å². The first-order valence-electron chi connectivity index (χ1n) is 5.48. The van der Waals surface area contributed by atoms with Crippen molar-refractivity contribution < 1.29 is 14.6 Å². The Balaban J connectivity index is 2.27. The smallest absolute Gasteiger partial charge is 0.149 e. The second kappa shape index (κ2) is 5.42. The van der Waals surface area contributed by atoms with Crippen molar-refractivity contribution >= 4 is 6.29 Å². The maximum atomic E-state index is 10.5. The molecule has 1 aliphatic heterocycles. The van der Waals surface area contributed by atoms with Crippen LogP contribution in [0.15, 0.2) is 11.6 Å². The molecule has 15 heavy (non-hydrogen) atoms. The van der Waals surface area contributed by atoms with E-state index in [0.29, 0.717) is 6.61 Å². The van der Waals surface area contributed by atoms with E-state index in [1.54, 1.807) is 0 Å². The Morgan fingerprint density at radius 2 is 2.40 bits per heavy atom. The fraction of sp³-hybridized carbons (Fsp3) is 0.750. The minimum Gasteiger partial charge on any atom is -0.390 e. The summed E-state index contributed by atoms with van der Waals surface area (Å²) in [4.78, 5) is 10.5. The average Bonchev–Trinajstić information content (AvgIpc) is 2.16. The first-order chi connectivity index (χ1) is 7.01. The van der Waals surface area contributed by atoms with E-state index in [2.05, 4.69) is 0 Å². The predicted molar refractivity (Wildman–Crippen MR) is 58.7 cm³/mol. The fourth-order valence-corrected chi connectivity index (χ4v) is 1.73. The Bertz CT molecular complexity index is 238. The van der Waals surface area contributed by atoms with Gasteiger partial charge >= 0.3 is 0 Å². The molecule has 0 aromatic heterocycles. The lowest BCUT2D eigenvalue weighted by Gasteiger charge is -2.21. The summed E-state index contributed by atoms with van der Waals surface area (Å²) in [5.74, 6) is 0. The molecule has 3 nitrogen and oxygen atoms in total. The molecule has 0 spiro atoms. The highest BCUT2D eigenvalue weighted by atomic mass is 16.5. The highest BCUT2D eigenvalue weighted by Crippen LogP contribution is 2.21. The normalized spacial score (nSPS) is 22.3. The highest BCUT2D eigenvalue weighted by molar-refractivity contribution is 5.57. The van der Waals surface area contributed by atoms with Crippen LogP contribution in [-0.2, 0) is 9.53 Å². The maximum absolute atomic E-state index is 10.5. The lowest BCUT2D eigenvalue weighted by molar-refractivity contribution is -0.117. The number of hydrogen-bond acceptors (Lipinski definition) is 3. The zero-order chi connectivity index (χ0) is 11.3. The first-order valence-corrected chi connectivity index (χ1v) is 5.48. The van der Waals surface area contributed by atoms with Crippen molar-refractivity contribution in [1.29, 1.82) is 0 Å². The third kappa shape index (κ3) is 5.09. The van der Waals surface area contributed by atoms with Crippen LogP contribution >= 0.6 is 0 Å². The minimum atomic E-state index is -0.588. The van der Waals surface area contributed by atoms with Gasteiger partial charge in [0.2, 0.25) is 0 Å². The molecule has 1 aliphatic rings. The Hall–Kier alpha value is -0.670. The molecule has 1 heterocycles. The minimum absolute atomic E-state index is 0.257. The zero-order valence-corrected chi connectivity index (χ0v) is 9.53. The number of ether oxygens (including phenoxy) is 1. The monoisotopic (exact) mass is 212 g/mol. The third-order valence-electron chi connectivity index (χ3n) is 2.58. The van der Waals surface area contributed by atoms with E-state index in [9.17, 15) is 9.90 Å². The van der Waals surface area contributed by atoms with Crippen LogP contribution in [0.25, 0.3) is 0 Å². The quantitative estimate of drug-likeness (QED) is 0.558. The molecule has 0 amide bonds. The summed E-state index contributed by atoms with van der Waals surface area (Å²) < 4.78 is 5.21. The SMILES string of the molecule is CC(C)(O)CCCC1=CCOC(C=O)C1. The summed E-state index contributed by atoms with van der Waals surface area (Å²) in [6, 6.07) is 0. The van der Waals surface area contributed by atoms with E-state index in [1.165, 1.54) is 5.57 Å². The van der Waals surface area contributed by atoms with Crippen LogP contribution in [0.1, 0.15) is 39.5 Å². The standard InChI is InChI=1S/C12H20O3/c1-12(2,14)6-3-4-10-5-7-15-11(8-10)9-13/h5,9,11,14H,3-4,6-8H2,1-2H3. The number of carbonyl (C=O) groups is 1.